The van der Waals surface area contributed by atoms with E-state index in [0.29, 0.717) is 45.5 Å². The molecule has 0 bridgehead atoms. The maximum absolute atomic E-state index is 13.2. The van der Waals surface area contributed by atoms with Crippen molar-refractivity contribution in [1.82, 2.24) is 30.2 Å². The highest BCUT2D eigenvalue weighted by Gasteiger charge is 2.59. The molecule has 2 amide bonds. The number of benzene rings is 2. The van der Waals surface area contributed by atoms with Crippen LogP contribution in [0.25, 0.3) is 21.9 Å². The molecule has 33 heavy (non-hydrogen) atoms. The molecule has 0 radical (unpaired) electrons. The predicted molar refractivity (Wildman–Crippen MR) is 123 cm³/mol. The molecule has 2 aliphatic heterocycles. The van der Waals surface area contributed by atoms with Crippen LogP contribution >= 0.6 is 11.6 Å². The minimum Gasteiger partial charge on any atom is -0.350 e. The van der Waals surface area contributed by atoms with E-state index >= 15 is 0 Å². The molecule has 2 N–H and O–H groups in total. The van der Waals surface area contributed by atoms with Crippen LogP contribution in [0.4, 0.5) is 0 Å². The molecule has 4 aromatic rings. The van der Waals surface area contributed by atoms with Gasteiger partial charge < -0.3 is 14.8 Å². The van der Waals surface area contributed by atoms with Crippen LogP contribution in [-0.2, 0) is 0 Å². The number of fused-ring (bicyclic) bond motifs is 6. The summed E-state index contributed by atoms with van der Waals surface area (Å²) >= 11 is 6.08. The lowest BCUT2D eigenvalue weighted by Gasteiger charge is -2.42. The Labute approximate surface area is 193 Å². The second-order valence-corrected chi connectivity index (χ2v) is 9.97. The Kier molecular flexibility index (Phi) is 3.94. The monoisotopic (exact) mass is 460 g/mol. The van der Waals surface area contributed by atoms with E-state index in [1.165, 1.54) is 0 Å². The number of carbonyl (C=O) groups excluding carboxylic acids is 2. The van der Waals surface area contributed by atoms with Gasteiger partial charge in [0.15, 0.2) is 0 Å². The van der Waals surface area contributed by atoms with Crippen LogP contribution in [0.15, 0.2) is 42.5 Å². The molecule has 3 aliphatic rings. The number of hydrogen-bond donors (Lipinski definition) is 2. The number of amides is 2. The predicted octanol–water partition coefficient (Wildman–Crippen LogP) is 3.18. The Balaban J connectivity index is 1.04. The summed E-state index contributed by atoms with van der Waals surface area (Å²) < 4.78 is 0. The van der Waals surface area contributed by atoms with Gasteiger partial charge in [-0.1, -0.05) is 22.9 Å². The Bertz CT molecular complexity index is 1420. The molecule has 8 nitrogen and oxygen atoms in total. The SMILES string of the molecule is O=C(c1ccc2[nH]nnc2c1)N1C[C@@H]2[C@H](C1)[C@H]1CN(C(=O)c3cc4ccc(Cl)cc4[nH]3)C[C@@H]21. The van der Waals surface area contributed by atoms with Gasteiger partial charge >= 0.3 is 0 Å². The van der Waals surface area contributed by atoms with Gasteiger partial charge in [0, 0.05) is 47.7 Å². The molecule has 4 atom stereocenters. The van der Waals surface area contributed by atoms with E-state index < -0.39 is 0 Å². The Morgan fingerprint density at radius 1 is 0.848 bits per heavy atom. The highest BCUT2D eigenvalue weighted by atomic mass is 35.5. The van der Waals surface area contributed by atoms with Crippen LogP contribution in [0.2, 0.25) is 5.02 Å². The number of hydrogen-bond acceptors (Lipinski definition) is 4. The second kappa shape index (κ2) is 6.81. The summed E-state index contributed by atoms with van der Waals surface area (Å²) in [5.74, 6) is 1.96. The first-order valence-corrected chi connectivity index (χ1v) is 11.6. The molecular formula is C24H21ClN6O2. The van der Waals surface area contributed by atoms with Crippen molar-refractivity contribution in [3.05, 3.63) is 58.7 Å². The van der Waals surface area contributed by atoms with Crippen LogP contribution in [0.5, 0.6) is 0 Å². The minimum absolute atomic E-state index is 0.0450. The molecule has 7 rings (SSSR count). The Morgan fingerprint density at radius 3 is 2.27 bits per heavy atom. The zero-order valence-electron chi connectivity index (χ0n) is 17.7. The van der Waals surface area contributed by atoms with Gasteiger partial charge in [0.2, 0.25) is 0 Å². The second-order valence-electron chi connectivity index (χ2n) is 9.53. The van der Waals surface area contributed by atoms with E-state index in [-0.39, 0.29) is 11.8 Å². The summed E-state index contributed by atoms with van der Waals surface area (Å²) in [5, 5.41) is 12.3. The van der Waals surface area contributed by atoms with Crippen molar-refractivity contribution in [2.24, 2.45) is 23.7 Å². The van der Waals surface area contributed by atoms with Crippen molar-refractivity contribution >= 4 is 45.4 Å². The fourth-order valence-electron chi connectivity index (χ4n) is 6.25. The molecule has 1 aliphatic carbocycles. The third kappa shape index (κ3) is 2.83. The number of halogens is 1. The average molecular weight is 461 g/mol. The first-order valence-electron chi connectivity index (χ1n) is 11.2. The number of nitrogens with one attached hydrogen (secondary N) is 2. The maximum Gasteiger partial charge on any atom is 0.270 e. The first-order chi connectivity index (χ1) is 16.0. The van der Waals surface area contributed by atoms with Crippen LogP contribution in [0.1, 0.15) is 20.8 Å². The van der Waals surface area contributed by atoms with Crippen molar-refractivity contribution in [3.63, 3.8) is 0 Å². The molecule has 3 fully saturated rings. The van der Waals surface area contributed by atoms with Crippen molar-refractivity contribution in [2.45, 2.75) is 0 Å². The van der Waals surface area contributed by atoms with E-state index in [0.717, 1.165) is 42.6 Å². The molecule has 2 saturated heterocycles. The topological polar surface area (TPSA) is 98.0 Å². The largest absolute Gasteiger partial charge is 0.350 e. The zero-order chi connectivity index (χ0) is 22.3. The summed E-state index contributed by atoms with van der Waals surface area (Å²) in [6.07, 6.45) is 0. The molecule has 9 heteroatoms. The number of H-pyrrole nitrogens is 2. The van der Waals surface area contributed by atoms with E-state index in [1.54, 1.807) is 6.07 Å². The van der Waals surface area contributed by atoms with Crippen LogP contribution in [0.3, 0.4) is 0 Å². The molecule has 2 aromatic carbocycles. The smallest absolute Gasteiger partial charge is 0.270 e. The van der Waals surface area contributed by atoms with Gasteiger partial charge in [-0.3, -0.25) is 14.7 Å². The number of aromatic nitrogens is 4. The lowest BCUT2D eigenvalue weighted by molar-refractivity contribution is 0.0629. The van der Waals surface area contributed by atoms with Gasteiger partial charge in [-0.2, -0.15) is 0 Å². The fraction of sp³-hybridized carbons (Fsp3) is 0.333. The van der Waals surface area contributed by atoms with Crippen molar-refractivity contribution < 1.29 is 9.59 Å². The highest BCUT2D eigenvalue weighted by molar-refractivity contribution is 6.31. The Morgan fingerprint density at radius 2 is 1.55 bits per heavy atom. The highest BCUT2D eigenvalue weighted by Crippen LogP contribution is 2.54. The lowest BCUT2D eigenvalue weighted by Crippen LogP contribution is -2.44. The molecule has 1 saturated carbocycles. The lowest BCUT2D eigenvalue weighted by atomic mass is 9.60. The number of aromatic amines is 2. The summed E-state index contributed by atoms with van der Waals surface area (Å²) in [4.78, 5) is 33.4. The quantitative estimate of drug-likeness (QED) is 0.480. The van der Waals surface area contributed by atoms with Crippen LogP contribution in [-0.4, -0.2) is 68.2 Å². The maximum atomic E-state index is 13.2. The van der Waals surface area contributed by atoms with Gasteiger partial charge in [0.05, 0.1) is 5.52 Å². The van der Waals surface area contributed by atoms with E-state index in [9.17, 15) is 9.59 Å². The van der Waals surface area contributed by atoms with Crippen LogP contribution < -0.4 is 0 Å². The number of nitrogens with zero attached hydrogens (tertiary/aromatic N) is 4. The first kappa shape index (κ1) is 19.1. The molecule has 166 valence electrons. The van der Waals surface area contributed by atoms with E-state index in [1.807, 2.05) is 46.2 Å². The average Bonchev–Trinajstić information content (AvgIpc) is 3.59. The fourth-order valence-corrected chi connectivity index (χ4v) is 6.42. The standard InChI is InChI=1S/C24H21ClN6O2/c25-14-3-1-12-5-22(26-20(12)7-14)24(33)31-10-17-15-8-30(9-16(15)18(17)11-31)23(32)13-2-4-19-21(6-13)28-29-27-19/h1-7,15-18,26H,8-11H2,(H,27,28,29)/t15-,16+,17+,18-. The van der Waals surface area contributed by atoms with E-state index in [4.69, 9.17) is 11.6 Å². The summed E-state index contributed by atoms with van der Waals surface area (Å²) in [7, 11) is 0. The zero-order valence-corrected chi connectivity index (χ0v) is 18.4. The van der Waals surface area contributed by atoms with Crippen molar-refractivity contribution in [1.29, 1.82) is 0 Å². The van der Waals surface area contributed by atoms with Crippen molar-refractivity contribution in [3.8, 4) is 0 Å². The minimum atomic E-state index is 0.0450. The summed E-state index contributed by atoms with van der Waals surface area (Å²) in [6.45, 7) is 3.03. The normalized spacial score (nSPS) is 26.0. The third-order valence-electron chi connectivity index (χ3n) is 7.89. The third-order valence-corrected chi connectivity index (χ3v) is 8.12. The van der Waals surface area contributed by atoms with Gasteiger partial charge in [0.25, 0.3) is 11.8 Å². The number of likely N-dealkylation sites (tertiary alicyclic amines) is 2. The molecule has 2 aromatic heterocycles. The summed E-state index contributed by atoms with van der Waals surface area (Å²) in [6, 6.07) is 13.0. The van der Waals surface area contributed by atoms with Gasteiger partial charge in [-0.15, -0.1) is 5.10 Å². The molecule has 0 unspecified atom stereocenters. The van der Waals surface area contributed by atoms with E-state index in [2.05, 4.69) is 20.4 Å². The Hall–Kier alpha value is -3.39. The molecule has 0 spiro atoms. The van der Waals surface area contributed by atoms with Gasteiger partial charge in [-0.25, -0.2) is 0 Å². The van der Waals surface area contributed by atoms with Gasteiger partial charge in [-0.05, 0) is 60.1 Å². The molecule has 4 heterocycles. The molecular weight excluding hydrogens is 440 g/mol. The summed E-state index contributed by atoms with van der Waals surface area (Å²) in [5.41, 5.74) is 3.67. The van der Waals surface area contributed by atoms with Gasteiger partial charge in [0.1, 0.15) is 11.2 Å². The van der Waals surface area contributed by atoms with Crippen molar-refractivity contribution in [2.75, 3.05) is 26.2 Å². The number of rotatable bonds is 2. The number of carbonyl (C=O) groups is 2. The van der Waals surface area contributed by atoms with Crippen LogP contribution in [0, 0.1) is 23.7 Å².